The van der Waals surface area contributed by atoms with E-state index >= 15 is 0 Å². The fourth-order valence-corrected chi connectivity index (χ4v) is 9.20. The second-order valence-electron chi connectivity index (χ2n) is 17.2. The molecule has 9 nitrogen and oxygen atoms in total. The first-order valence-corrected chi connectivity index (χ1v) is 22.6. The molecule has 2 aliphatic heterocycles. The van der Waals surface area contributed by atoms with E-state index in [1.165, 1.54) is 0 Å². The number of carbonyl (C=O) groups is 2. The van der Waals surface area contributed by atoms with Crippen LogP contribution < -0.4 is 14.8 Å². The molecule has 0 radical (unpaired) electrons. The van der Waals surface area contributed by atoms with Crippen LogP contribution >= 0.6 is 23.2 Å². The van der Waals surface area contributed by atoms with Crippen molar-refractivity contribution in [2.24, 2.45) is 0 Å². The van der Waals surface area contributed by atoms with Crippen LogP contribution in [-0.2, 0) is 42.1 Å². The Labute approximate surface area is 386 Å². The molecule has 0 saturated carbocycles. The number of hydrogen-bond donors (Lipinski definition) is 2. The number of nitrogens with one attached hydrogen (secondary N) is 1. The largest absolute Gasteiger partial charge is 0.486 e. The lowest BCUT2D eigenvalue weighted by Gasteiger charge is -2.37. The molecule has 3 heterocycles. The summed E-state index contributed by atoms with van der Waals surface area (Å²) in [7, 11) is 2.09. The summed E-state index contributed by atoms with van der Waals surface area (Å²) < 4.78 is 13.3. The molecule has 0 fully saturated rings. The monoisotopic (exact) mass is 896 g/mol. The molecule has 5 aromatic carbocycles. The standard InChI is InChI=1S/C53H54Cl2N4O5/c1-6-49(38-17-20-45(54)46(55)25-38)63-43-18-15-37(16-19-43)51-31-58(5)28-42-24-40-26-48(59(30-41(40)27-50(42)64-51)29-39-10-8-7-9-32(39)2)52(60)57-47(53(61)62)23-35-11-13-36(14-12-35)44-21-22-56-34(4)33(44)3/h7-22,24-25,27,47-49,51H,6,23,26,28-31H2,1-5H3,(H,57,60)(H,61,62)/t47-,48-,49+,51+/m0/s1. The van der Waals surface area contributed by atoms with Crippen LogP contribution in [0.4, 0.5) is 0 Å². The van der Waals surface area contributed by atoms with Gasteiger partial charge in [-0.3, -0.25) is 19.6 Å². The minimum absolute atomic E-state index is 0.156. The van der Waals surface area contributed by atoms with Gasteiger partial charge in [0.05, 0.1) is 16.1 Å². The zero-order valence-corrected chi connectivity index (χ0v) is 38.4. The van der Waals surface area contributed by atoms with Gasteiger partial charge in [-0.1, -0.05) is 103 Å². The van der Waals surface area contributed by atoms with Crippen molar-refractivity contribution >= 4 is 35.1 Å². The van der Waals surface area contributed by atoms with Gasteiger partial charge in [-0.2, -0.15) is 0 Å². The molecule has 0 unspecified atom stereocenters. The van der Waals surface area contributed by atoms with Crippen molar-refractivity contribution in [3.63, 3.8) is 0 Å². The van der Waals surface area contributed by atoms with Crippen LogP contribution in [0.15, 0.2) is 115 Å². The molecule has 8 rings (SSSR count). The number of carboxylic acids is 1. The van der Waals surface area contributed by atoms with E-state index < -0.39 is 18.1 Å². The second kappa shape index (κ2) is 19.6. The van der Waals surface area contributed by atoms with Crippen molar-refractivity contribution in [3.05, 3.63) is 181 Å². The van der Waals surface area contributed by atoms with Crippen LogP contribution in [0, 0.1) is 20.8 Å². The number of rotatable bonds is 13. The molecule has 1 aromatic heterocycles. The van der Waals surface area contributed by atoms with Gasteiger partial charge in [0.2, 0.25) is 5.91 Å². The van der Waals surface area contributed by atoms with Gasteiger partial charge in [-0.05, 0) is 133 Å². The molecule has 0 bridgehead atoms. The van der Waals surface area contributed by atoms with E-state index in [0.717, 1.165) is 84.8 Å². The predicted molar refractivity (Wildman–Crippen MR) is 253 cm³/mol. The van der Waals surface area contributed by atoms with Crippen LogP contribution in [0.25, 0.3) is 11.1 Å². The van der Waals surface area contributed by atoms with Gasteiger partial charge in [0.1, 0.15) is 29.7 Å². The van der Waals surface area contributed by atoms with Crippen molar-refractivity contribution < 1.29 is 24.2 Å². The predicted octanol–water partition coefficient (Wildman–Crippen LogP) is 10.8. The van der Waals surface area contributed by atoms with E-state index in [1.807, 2.05) is 80.6 Å². The Morgan fingerprint density at radius 1 is 0.891 bits per heavy atom. The van der Waals surface area contributed by atoms with Gasteiger partial charge in [0.15, 0.2) is 0 Å². The molecule has 2 aliphatic rings. The smallest absolute Gasteiger partial charge is 0.326 e. The maximum Gasteiger partial charge on any atom is 0.326 e. The number of aryl methyl sites for hydroxylation is 2. The van der Waals surface area contributed by atoms with Gasteiger partial charge in [0, 0.05) is 50.1 Å². The normalized spacial score (nSPS) is 17.3. The van der Waals surface area contributed by atoms with E-state index in [0.29, 0.717) is 42.6 Å². The Kier molecular flexibility index (Phi) is 13.7. The molecule has 2 N–H and O–H groups in total. The molecular formula is C53H54Cl2N4O5. The molecule has 1 amide bonds. The lowest BCUT2D eigenvalue weighted by molar-refractivity contribution is -0.142. The maximum absolute atomic E-state index is 14.4. The summed E-state index contributed by atoms with van der Waals surface area (Å²) in [6, 6.07) is 34.4. The number of amides is 1. The van der Waals surface area contributed by atoms with Crippen LogP contribution in [0.5, 0.6) is 11.5 Å². The van der Waals surface area contributed by atoms with Crippen molar-refractivity contribution in [1.82, 2.24) is 20.1 Å². The van der Waals surface area contributed by atoms with Gasteiger partial charge >= 0.3 is 5.97 Å². The van der Waals surface area contributed by atoms with Crippen LogP contribution in [-0.4, -0.2) is 57.4 Å². The highest BCUT2D eigenvalue weighted by Gasteiger charge is 2.36. The quantitative estimate of drug-likeness (QED) is 0.118. The highest BCUT2D eigenvalue weighted by molar-refractivity contribution is 6.42. The number of aliphatic carboxylic acids is 1. The number of likely N-dealkylation sites (N-methyl/N-ethyl adjacent to an activating group) is 1. The third kappa shape index (κ3) is 10.1. The minimum atomic E-state index is -1.10. The minimum Gasteiger partial charge on any atom is -0.486 e. The van der Waals surface area contributed by atoms with Gasteiger partial charge in [-0.25, -0.2) is 4.79 Å². The first-order chi connectivity index (χ1) is 30.8. The maximum atomic E-state index is 14.4. The average Bonchev–Trinajstić information content (AvgIpc) is 3.44. The molecule has 4 atom stereocenters. The lowest BCUT2D eigenvalue weighted by Crippen LogP contribution is -2.54. The molecular weight excluding hydrogens is 844 g/mol. The summed E-state index contributed by atoms with van der Waals surface area (Å²) in [6.45, 7) is 10.6. The first-order valence-electron chi connectivity index (χ1n) is 21.9. The Morgan fingerprint density at radius 2 is 1.66 bits per heavy atom. The fourth-order valence-electron chi connectivity index (χ4n) is 8.89. The Balaban J connectivity index is 1.01. The lowest BCUT2D eigenvalue weighted by atomic mass is 9.90. The number of pyridine rings is 1. The summed E-state index contributed by atoms with van der Waals surface area (Å²) >= 11 is 12.5. The number of hydrogen-bond acceptors (Lipinski definition) is 7. The molecule has 0 aliphatic carbocycles. The number of nitrogens with zero attached hydrogens (tertiary/aromatic N) is 3. The van der Waals surface area contributed by atoms with Crippen LogP contribution in [0.3, 0.4) is 0 Å². The zero-order valence-electron chi connectivity index (χ0n) is 36.9. The third-order valence-corrected chi connectivity index (χ3v) is 13.5. The average molecular weight is 898 g/mol. The molecule has 0 saturated heterocycles. The molecule has 11 heteroatoms. The summed E-state index contributed by atoms with van der Waals surface area (Å²) in [5.41, 5.74) is 12.5. The Bertz CT molecular complexity index is 2650. The molecule has 0 spiro atoms. The third-order valence-electron chi connectivity index (χ3n) is 12.7. The van der Waals surface area contributed by atoms with Crippen molar-refractivity contribution in [2.45, 2.75) is 90.9 Å². The number of benzene rings is 5. The first kappa shape index (κ1) is 44.9. The fraction of sp³-hybridized carbons (Fsp3) is 0.302. The summed E-state index contributed by atoms with van der Waals surface area (Å²) in [6.07, 6.45) is 2.74. The Morgan fingerprint density at radius 3 is 2.38 bits per heavy atom. The highest BCUT2D eigenvalue weighted by Crippen LogP contribution is 2.38. The van der Waals surface area contributed by atoms with Crippen molar-refractivity contribution in [2.75, 3.05) is 13.6 Å². The van der Waals surface area contributed by atoms with Crippen LogP contribution in [0.1, 0.15) is 81.3 Å². The van der Waals surface area contributed by atoms with E-state index in [-0.39, 0.29) is 24.5 Å². The number of carboxylic acid groups (broad SMARTS) is 1. The van der Waals surface area contributed by atoms with E-state index in [1.54, 1.807) is 12.3 Å². The highest BCUT2D eigenvalue weighted by atomic mass is 35.5. The Hall–Kier alpha value is -5.71. The molecule has 64 heavy (non-hydrogen) atoms. The van der Waals surface area contributed by atoms with Crippen molar-refractivity contribution in [3.8, 4) is 22.6 Å². The zero-order chi connectivity index (χ0) is 45.1. The van der Waals surface area contributed by atoms with E-state index in [4.69, 9.17) is 32.7 Å². The van der Waals surface area contributed by atoms with Gasteiger partial charge in [-0.15, -0.1) is 0 Å². The number of ether oxygens (including phenoxy) is 2. The summed E-state index contributed by atoms with van der Waals surface area (Å²) in [5.74, 6) is 0.199. The molecule has 6 aromatic rings. The van der Waals surface area contributed by atoms with Crippen LogP contribution in [0.2, 0.25) is 10.0 Å². The number of carbonyl (C=O) groups excluding carboxylic acids is 1. The summed E-state index contributed by atoms with van der Waals surface area (Å²) in [4.78, 5) is 36.0. The van der Waals surface area contributed by atoms with E-state index in [2.05, 4.69) is 77.4 Å². The number of aromatic nitrogens is 1. The van der Waals surface area contributed by atoms with Gasteiger partial charge < -0.3 is 19.9 Å². The second-order valence-corrected chi connectivity index (χ2v) is 18.0. The summed E-state index contributed by atoms with van der Waals surface area (Å²) in [5, 5.41) is 14.4. The molecule has 330 valence electrons. The van der Waals surface area contributed by atoms with E-state index in [9.17, 15) is 14.7 Å². The van der Waals surface area contributed by atoms with Gasteiger partial charge in [0.25, 0.3) is 0 Å². The number of fused-ring (bicyclic) bond motifs is 2. The number of halogens is 2. The topological polar surface area (TPSA) is 104 Å². The van der Waals surface area contributed by atoms with Crippen molar-refractivity contribution in [1.29, 1.82) is 0 Å². The SMILES string of the molecule is CC[C@@H](Oc1ccc([C@H]2CN(C)Cc3cc4c(cc3O2)CN(Cc2ccccc2C)[C@H](C(=O)N[C@@H](Cc2ccc(-c3ccnc(C)c3C)cc2)C(=O)O)C4)cc1)c1ccc(Cl)c(Cl)c1.